The first kappa shape index (κ1) is 37.3. The van der Waals surface area contributed by atoms with E-state index in [9.17, 15) is 19.8 Å². The largest absolute Gasteiger partial charge is 0.481 e. The van der Waals surface area contributed by atoms with Gasteiger partial charge in [0.15, 0.2) is 5.82 Å². The van der Waals surface area contributed by atoms with Gasteiger partial charge in [0.25, 0.3) is 5.91 Å². The van der Waals surface area contributed by atoms with E-state index in [2.05, 4.69) is 20.5 Å². The van der Waals surface area contributed by atoms with Crippen LogP contribution < -0.4 is 15.4 Å². The number of carbonyl (C=O) groups is 2. The molecule has 4 aromatic rings. The number of rotatable bonds is 11. The number of imidazole rings is 1. The van der Waals surface area contributed by atoms with Gasteiger partial charge in [0, 0.05) is 74.3 Å². The molecule has 4 N–H and O–H groups in total. The Hall–Kier alpha value is -4.07. The number of hydrogen-bond acceptors (Lipinski definition) is 9. The quantitative estimate of drug-likeness (QED) is 0.136. The van der Waals surface area contributed by atoms with Crippen LogP contribution in [0, 0.1) is 11.8 Å². The molecule has 0 bridgehead atoms. The summed E-state index contributed by atoms with van der Waals surface area (Å²) in [5.74, 6) is -0.0201. The number of pyridine rings is 2. The van der Waals surface area contributed by atoms with Crippen molar-refractivity contribution in [3.63, 3.8) is 0 Å². The van der Waals surface area contributed by atoms with Crippen molar-refractivity contribution in [2.24, 2.45) is 18.9 Å². The molecule has 12 nitrogen and oxygen atoms in total. The number of halogens is 2. The van der Waals surface area contributed by atoms with Crippen LogP contribution in [0.3, 0.4) is 0 Å². The van der Waals surface area contributed by atoms with Crippen LogP contribution in [0.2, 0.25) is 10.0 Å². The third-order valence-electron chi connectivity index (χ3n) is 11.0. The Morgan fingerprint density at radius 1 is 1.00 bits per heavy atom. The summed E-state index contributed by atoms with van der Waals surface area (Å²) in [6.45, 7) is 2.99. The van der Waals surface area contributed by atoms with Gasteiger partial charge < -0.3 is 30.2 Å². The van der Waals surface area contributed by atoms with E-state index in [0.717, 1.165) is 81.4 Å². The van der Waals surface area contributed by atoms with E-state index >= 15 is 0 Å². The van der Waals surface area contributed by atoms with Crippen molar-refractivity contribution in [3.05, 3.63) is 75.4 Å². The average Bonchev–Trinajstić information content (AvgIpc) is 3.73. The lowest BCUT2D eigenvalue weighted by Crippen LogP contribution is -2.36. The number of aliphatic hydroxyl groups is 1. The van der Waals surface area contributed by atoms with Crippen molar-refractivity contribution in [3.8, 4) is 28.4 Å². The van der Waals surface area contributed by atoms with Gasteiger partial charge in [-0.2, -0.15) is 0 Å². The first-order chi connectivity index (χ1) is 25.6. The summed E-state index contributed by atoms with van der Waals surface area (Å²) in [7, 11) is 3.45. The van der Waals surface area contributed by atoms with E-state index in [0.29, 0.717) is 69.0 Å². The Morgan fingerprint density at radius 3 is 2.55 bits per heavy atom. The Kier molecular flexibility index (Phi) is 11.3. The molecule has 3 aliphatic rings. The summed E-state index contributed by atoms with van der Waals surface area (Å²) in [5.41, 5.74) is 5.49. The summed E-state index contributed by atoms with van der Waals surface area (Å²) in [4.78, 5) is 41.5. The molecule has 0 spiro atoms. The third kappa shape index (κ3) is 8.07. The van der Waals surface area contributed by atoms with E-state index in [1.54, 1.807) is 37.6 Å². The highest BCUT2D eigenvalue weighted by molar-refractivity contribution is 6.39. The molecule has 2 atom stereocenters. The van der Waals surface area contributed by atoms with Gasteiger partial charge in [0.1, 0.15) is 0 Å². The number of aromatic nitrogens is 4. The standard InChI is InChI=1S/C39H45Cl2N7O5/c1-47-32-15-17-48(20-22-6-8-23(9-7-22)39(51)52)21-31(32)44-36(47)37(50)45-30-5-3-4-28(33(30)40)35-34(41)27(14-16-42-35)29-13-10-24(38(46-29)53-2)19-43-25-11-12-26(49)18-25/h3-5,10,13-14,16,22-23,25-26,43,49H,6-9,11-12,15,17-21H2,1-2H3,(H,45,50)(H,51,52)/t22-,23+,25-,26-/m0/s1. The fraction of sp³-hybridized carbons (Fsp3) is 0.462. The molecule has 0 radical (unpaired) electrons. The van der Waals surface area contributed by atoms with Gasteiger partial charge in [-0.15, -0.1) is 0 Å². The van der Waals surface area contributed by atoms with Crippen LogP contribution in [0.1, 0.15) is 72.5 Å². The van der Waals surface area contributed by atoms with E-state index < -0.39 is 5.97 Å². The number of carboxylic acids is 1. The molecule has 1 aromatic carbocycles. The van der Waals surface area contributed by atoms with Gasteiger partial charge >= 0.3 is 5.97 Å². The van der Waals surface area contributed by atoms with Crippen LogP contribution >= 0.6 is 23.2 Å². The zero-order chi connectivity index (χ0) is 37.2. The van der Waals surface area contributed by atoms with Crippen LogP contribution in [0.4, 0.5) is 5.69 Å². The summed E-state index contributed by atoms with van der Waals surface area (Å²) >= 11 is 14.0. The number of methoxy groups -OCH3 is 1. The van der Waals surface area contributed by atoms with Crippen LogP contribution in [0.25, 0.3) is 22.5 Å². The molecular weight excluding hydrogens is 717 g/mol. The van der Waals surface area contributed by atoms with E-state index in [4.69, 9.17) is 37.9 Å². The minimum atomic E-state index is -0.685. The van der Waals surface area contributed by atoms with Gasteiger partial charge in [-0.3, -0.25) is 19.5 Å². The molecule has 280 valence electrons. The number of benzene rings is 1. The SMILES string of the molecule is COc1nc(-c2ccnc(-c3cccc(NC(=O)c4nc5c(n4C)CCN(C[C@H]4CC[C@@H](C(=O)O)CC4)C5)c3Cl)c2Cl)ccc1CN[C@H]1CC[C@H](O)C1. The normalized spacial score (nSPS) is 21.7. The second-order valence-electron chi connectivity index (χ2n) is 14.5. The number of carboxylic acid groups (broad SMARTS) is 1. The van der Waals surface area contributed by atoms with Gasteiger partial charge in [-0.1, -0.05) is 41.4 Å². The van der Waals surface area contributed by atoms with E-state index in [1.165, 1.54) is 0 Å². The lowest BCUT2D eigenvalue weighted by Gasteiger charge is -2.33. The van der Waals surface area contributed by atoms with Gasteiger partial charge in [-0.25, -0.2) is 9.97 Å². The van der Waals surface area contributed by atoms with Crippen molar-refractivity contribution in [1.82, 2.24) is 29.7 Å². The molecular formula is C39H45Cl2N7O5. The second-order valence-corrected chi connectivity index (χ2v) is 15.2. The summed E-state index contributed by atoms with van der Waals surface area (Å²) in [6, 6.07) is 11.2. The lowest BCUT2D eigenvalue weighted by molar-refractivity contribution is -0.143. The number of amides is 1. The molecule has 2 aliphatic carbocycles. The number of anilines is 1. The Morgan fingerprint density at radius 2 is 1.81 bits per heavy atom. The molecule has 2 fully saturated rings. The molecule has 3 aromatic heterocycles. The van der Waals surface area contributed by atoms with Crippen molar-refractivity contribution >= 4 is 40.8 Å². The van der Waals surface area contributed by atoms with Crippen molar-refractivity contribution < 1.29 is 24.5 Å². The van der Waals surface area contributed by atoms with E-state index in [1.807, 2.05) is 23.7 Å². The molecule has 7 rings (SSSR count). The number of hydrogen-bond donors (Lipinski definition) is 4. The lowest BCUT2D eigenvalue weighted by atomic mass is 9.81. The molecule has 1 aliphatic heterocycles. The molecule has 14 heteroatoms. The van der Waals surface area contributed by atoms with Crippen molar-refractivity contribution in [1.29, 1.82) is 0 Å². The highest BCUT2D eigenvalue weighted by Gasteiger charge is 2.31. The summed E-state index contributed by atoms with van der Waals surface area (Å²) in [6.07, 6.45) is 7.96. The smallest absolute Gasteiger partial charge is 0.306 e. The minimum Gasteiger partial charge on any atom is -0.481 e. The first-order valence-corrected chi connectivity index (χ1v) is 19.0. The minimum absolute atomic E-state index is 0.221. The second kappa shape index (κ2) is 16.1. The molecule has 0 unspecified atom stereocenters. The predicted molar refractivity (Wildman–Crippen MR) is 203 cm³/mol. The maximum Gasteiger partial charge on any atom is 0.306 e. The Labute approximate surface area is 318 Å². The topological polar surface area (TPSA) is 155 Å². The zero-order valence-corrected chi connectivity index (χ0v) is 31.5. The summed E-state index contributed by atoms with van der Waals surface area (Å²) < 4.78 is 7.50. The van der Waals surface area contributed by atoms with Gasteiger partial charge in [-0.05, 0) is 69.1 Å². The highest BCUT2D eigenvalue weighted by Crippen LogP contribution is 2.40. The molecule has 1 amide bonds. The zero-order valence-electron chi connectivity index (χ0n) is 29.9. The summed E-state index contributed by atoms with van der Waals surface area (Å²) in [5, 5.41) is 26.3. The fourth-order valence-corrected chi connectivity index (χ4v) is 8.62. The number of nitrogens with zero attached hydrogens (tertiary/aromatic N) is 5. The Bertz CT molecular complexity index is 2000. The van der Waals surface area contributed by atoms with Crippen molar-refractivity contribution in [2.45, 2.75) is 76.6 Å². The maximum absolute atomic E-state index is 13.7. The number of carbonyl (C=O) groups excluding carboxylic acids is 1. The first-order valence-electron chi connectivity index (χ1n) is 18.3. The fourth-order valence-electron chi connectivity index (χ4n) is 8.05. The molecule has 53 heavy (non-hydrogen) atoms. The van der Waals surface area contributed by atoms with Gasteiger partial charge in [0.2, 0.25) is 5.88 Å². The monoisotopic (exact) mass is 761 g/mol. The maximum atomic E-state index is 13.7. The molecule has 2 saturated carbocycles. The average molecular weight is 763 g/mol. The number of fused-ring (bicyclic) bond motifs is 1. The number of ether oxygens (including phenoxy) is 1. The molecule has 4 heterocycles. The van der Waals surface area contributed by atoms with Gasteiger partial charge in [0.05, 0.1) is 51.9 Å². The van der Waals surface area contributed by atoms with E-state index in [-0.39, 0.29) is 24.0 Å². The van der Waals surface area contributed by atoms with Crippen LogP contribution in [0.15, 0.2) is 42.6 Å². The number of nitrogens with one attached hydrogen (secondary N) is 2. The predicted octanol–water partition coefficient (Wildman–Crippen LogP) is 6.36. The van der Waals surface area contributed by atoms with Crippen molar-refractivity contribution in [2.75, 3.05) is 25.5 Å². The van der Waals surface area contributed by atoms with Crippen LogP contribution in [0.5, 0.6) is 5.88 Å². The number of aliphatic carboxylic acids is 1. The van der Waals surface area contributed by atoms with Crippen LogP contribution in [-0.2, 0) is 31.4 Å². The molecule has 0 saturated heterocycles. The highest BCUT2D eigenvalue weighted by atomic mass is 35.5. The van der Waals surface area contributed by atoms with Crippen LogP contribution in [-0.4, -0.2) is 78.9 Å². The Balaban J connectivity index is 1.04. The number of aliphatic hydroxyl groups excluding tert-OH is 1. The third-order valence-corrected chi connectivity index (χ3v) is 11.8.